The third-order valence-electron chi connectivity index (χ3n) is 7.78. The topological polar surface area (TPSA) is 44.0 Å². The number of hydrogen-bond donors (Lipinski definition) is 0. The molecule has 0 aliphatic carbocycles. The van der Waals surface area contributed by atoms with Gasteiger partial charge in [0, 0.05) is 31.0 Å². The van der Waals surface area contributed by atoms with Crippen LogP contribution in [0.1, 0.15) is 55.0 Å². The lowest BCUT2D eigenvalue weighted by Crippen LogP contribution is -2.21. The van der Waals surface area contributed by atoms with Gasteiger partial charge >= 0.3 is 0 Å². The first-order valence-corrected chi connectivity index (χ1v) is 13.2. The number of hydrogen-bond acceptors (Lipinski definition) is 2. The predicted octanol–water partition coefficient (Wildman–Crippen LogP) is 8.09. The van der Waals surface area contributed by atoms with E-state index in [4.69, 9.17) is 0 Å². The van der Waals surface area contributed by atoms with Gasteiger partial charge in [-0.15, -0.1) is 0 Å². The Bertz CT molecular complexity index is 2100. The lowest BCUT2D eigenvalue weighted by Gasteiger charge is -2.23. The van der Waals surface area contributed by atoms with Crippen LogP contribution in [0.5, 0.6) is 0 Å². The molecule has 0 saturated carbocycles. The number of carbonyl (C=O) groups excluding carboxylic acids is 2. The van der Waals surface area contributed by atoms with Crippen LogP contribution in [0.25, 0.3) is 0 Å². The van der Waals surface area contributed by atoms with E-state index in [9.17, 15) is 66.7 Å². The maximum absolute atomic E-state index is 15.3. The van der Waals surface area contributed by atoms with Crippen molar-refractivity contribution in [2.45, 2.75) is 5.92 Å². The van der Waals surface area contributed by atoms with Gasteiger partial charge in [0.15, 0.2) is 69.8 Å². The molecule has 0 spiro atoms. The summed E-state index contributed by atoms with van der Waals surface area (Å²) in [5.74, 6) is -44.8. The van der Waals surface area contributed by atoms with Crippen LogP contribution in [0.3, 0.4) is 0 Å². The minimum atomic E-state index is -2.65. The number of aromatic nitrogens is 2. The van der Waals surface area contributed by atoms with Crippen LogP contribution in [0.4, 0.5) is 65.9 Å². The van der Waals surface area contributed by atoms with E-state index in [-0.39, 0.29) is 0 Å². The second-order valence-electron chi connectivity index (χ2n) is 10.4. The van der Waals surface area contributed by atoms with Crippen LogP contribution in [0.2, 0.25) is 0 Å². The molecule has 0 amide bonds. The molecule has 5 aromatic rings. The summed E-state index contributed by atoms with van der Waals surface area (Å²) in [4.78, 5) is 26.2. The Morgan fingerprint density at radius 1 is 0.400 bits per heavy atom. The Morgan fingerprint density at radius 3 is 0.920 bits per heavy atom. The molecule has 0 aliphatic heterocycles. The van der Waals surface area contributed by atoms with Crippen LogP contribution in [-0.4, -0.2) is 20.7 Å². The van der Waals surface area contributed by atoms with E-state index < -0.39 is 144 Å². The maximum atomic E-state index is 15.3. The Kier molecular flexibility index (Phi) is 8.91. The van der Waals surface area contributed by atoms with Crippen molar-refractivity contribution in [3.05, 3.63) is 151 Å². The lowest BCUT2D eigenvalue weighted by molar-refractivity contribution is 0.101. The second-order valence-corrected chi connectivity index (χ2v) is 10.4. The number of ketones is 2. The van der Waals surface area contributed by atoms with Crippen molar-refractivity contribution in [3.63, 3.8) is 0 Å². The van der Waals surface area contributed by atoms with E-state index in [0.717, 1.165) is 14.1 Å². The number of halogens is 15. The molecule has 3 aromatic carbocycles. The normalized spacial score (nSPS) is 11.6. The summed E-state index contributed by atoms with van der Waals surface area (Å²) in [5, 5.41) is 0. The van der Waals surface area contributed by atoms with Crippen molar-refractivity contribution >= 4 is 11.6 Å². The second kappa shape index (κ2) is 12.4. The fourth-order valence-corrected chi connectivity index (χ4v) is 5.28. The van der Waals surface area contributed by atoms with E-state index in [1.165, 1.54) is 0 Å². The van der Waals surface area contributed by atoms with Gasteiger partial charge in [-0.05, 0) is 24.3 Å². The van der Waals surface area contributed by atoms with Gasteiger partial charge in [-0.1, -0.05) is 0 Å². The number of benzene rings is 3. The van der Waals surface area contributed by atoms with E-state index in [1.54, 1.807) is 0 Å². The van der Waals surface area contributed by atoms with Gasteiger partial charge in [0.25, 0.3) is 0 Å². The average Bonchev–Trinajstić information content (AvgIpc) is 3.66. The molecule has 2 heterocycles. The molecule has 2 aromatic heterocycles. The van der Waals surface area contributed by atoms with Gasteiger partial charge < -0.3 is 9.13 Å². The first kappa shape index (κ1) is 35.8. The molecule has 4 nitrogen and oxygen atoms in total. The summed E-state index contributed by atoms with van der Waals surface area (Å²) in [7, 11) is 1.58. The molecule has 5 rings (SSSR count). The lowest BCUT2D eigenvalue weighted by atomic mass is 9.90. The number of carbonyl (C=O) groups is 2. The smallest absolute Gasteiger partial charge is 0.215 e. The molecule has 0 fully saturated rings. The van der Waals surface area contributed by atoms with Crippen LogP contribution in [-0.2, 0) is 14.1 Å². The molecule has 0 atom stereocenters. The molecule has 0 saturated heterocycles. The van der Waals surface area contributed by atoms with Crippen LogP contribution in [0.15, 0.2) is 24.3 Å². The van der Waals surface area contributed by atoms with Gasteiger partial charge in [0.1, 0.15) is 11.1 Å². The largest absolute Gasteiger partial charge is 0.344 e. The average molecular weight is 728 g/mol. The van der Waals surface area contributed by atoms with Gasteiger partial charge in [-0.2, -0.15) is 0 Å². The monoisotopic (exact) mass is 728 g/mol. The minimum Gasteiger partial charge on any atom is -0.344 e. The molecule has 19 heteroatoms. The summed E-state index contributed by atoms with van der Waals surface area (Å²) in [5.41, 5.74) is -9.20. The Labute approximate surface area is 267 Å². The van der Waals surface area contributed by atoms with Crippen molar-refractivity contribution in [2.75, 3.05) is 0 Å². The van der Waals surface area contributed by atoms with Crippen molar-refractivity contribution < 1.29 is 75.4 Å². The summed E-state index contributed by atoms with van der Waals surface area (Å²) in [6.07, 6.45) is 0. The van der Waals surface area contributed by atoms with Crippen molar-refractivity contribution in [2.24, 2.45) is 14.1 Å². The first-order chi connectivity index (χ1) is 23.3. The van der Waals surface area contributed by atoms with E-state index in [2.05, 4.69) is 0 Å². The van der Waals surface area contributed by atoms with Crippen molar-refractivity contribution in [1.29, 1.82) is 0 Å². The van der Waals surface area contributed by atoms with Gasteiger partial charge in [-0.3, -0.25) is 9.59 Å². The van der Waals surface area contributed by atoms with Gasteiger partial charge in [-0.25, -0.2) is 65.9 Å². The summed E-state index contributed by atoms with van der Waals surface area (Å²) in [6.45, 7) is 0. The molecular formula is C31H11F15N2O2. The zero-order chi connectivity index (χ0) is 37.4. The molecule has 0 N–H and O–H groups in total. The quantitative estimate of drug-likeness (QED) is 0.0737. The van der Waals surface area contributed by atoms with E-state index in [0.29, 0.717) is 33.4 Å². The fourth-order valence-electron chi connectivity index (χ4n) is 5.28. The third-order valence-corrected chi connectivity index (χ3v) is 7.78. The standard InChI is InChI=1S/C31H11F15N2O2/c1-47-7(3-5-9(47)30(49)13-17(34)23(40)28(45)24(41)18(13)35)11(12-15(32)21(38)27(44)22(39)16(12)33)8-4-6-10(48(8)2)31(50)14-19(36)25(42)29(46)26(43)20(14)37/h3-6,11H,1-2H3. The highest BCUT2D eigenvalue weighted by molar-refractivity contribution is 6.09. The third kappa shape index (κ3) is 5.04. The maximum Gasteiger partial charge on any atom is 0.215 e. The molecule has 0 bridgehead atoms. The fraction of sp³-hybridized carbons (Fsp3) is 0.0968. The number of rotatable bonds is 7. The molecular weight excluding hydrogens is 717 g/mol. The highest BCUT2D eigenvalue weighted by Gasteiger charge is 2.38. The SMILES string of the molecule is Cn1c(C(=O)c2c(F)c(F)c(F)c(F)c2F)ccc1C(c1c(F)c(F)c(F)c(F)c1F)c1ccc(C(=O)c2c(F)c(F)c(F)c(F)c2F)n1C. The van der Waals surface area contributed by atoms with Crippen molar-refractivity contribution in [3.8, 4) is 0 Å². The van der Waals surface area contributed by atoms with E-state index in [1.807, 2.05) is 0 Å². The van der Waals surface area contributed by atoms with Crippen LogP contribution < -0.4 is 0 Å². The van der Waals surface area contributed by atoms with E-state index >= 15 is 8.78 Å². The minimum absolute atomic E-state index is 0.488. The highest BCUT2D eigenvalue weighted by Crippen LogP contribution is 2.40. The van der Waals surface area contributed by atoms with Gasteiger partial charge in [0.05, 0.1) is 17.3 Å². The molecule has 50 heavy (non-hydrogen) atoms. The highest BCUT2D eigenvalue weighted by atomic mass is 19.2. The summed E-state index contributed by atoms with van der Waals surface area (Å²) >= 11 is 0. The molecule has 262 valence electrons. The molecule has 0 unspecified atom stereocenters. The predicted molar refractivity (Wildman–Crippen MR) is 137 cm³/mol. The first-order valence-electron chi connectivity index (χ1n) is 13.2. The Balaban J connectivity index is 1.78. The number of nitrogens with zero attached hydrogens (tertiary/aromatic N) is 2. The molecule has 0 aliphatic rings. The Morgan fingerprint density at radius 2 is 0.640 bits per heavy atom. The zero-order valence-electron chi connectivity index (χ0n) is 24.3. The van der Waals surface area contributed by atoms with Crippen molar-refractivity contribution in [1.82, 2.24) is 9.13 Å². The van der Waals surface area contributed by atoms with Gasteiger partial charge in [0.2, 0.25) is 29.0 Å². The Hall–Kier alpha value is -5.49. The summed E-state index contributed by atoms with van der Waals surface area (Å²) < 4.78 is 215. The molecule has 0 radical (unpaired) electrons. The zero-order valence-corrected chi connectivity index (χ0v) is 24.3. The summed E-state index contributed by atoms with van der Waals surface area (Å²) in [6, 6.07) is 2.55. The van der Waals surface area contributed by atoms with Crippen LogP contribution >= 0.6 is 0 Å². The van der Waals surface area contributed by atoms with Crippen LogP contribution in [0, 0.1) is 87.3 Å².